The van der Waals surface area contributed by atoms with E-state index in [-0.39, 0.29) is 0 Å². The Balaban J connectivity index is 2.53. The molecule has 1 aromatic carbocycles. The van der Waals surface area contributed by atoms with Crippen molar-refractivity contribution in [2.24, 2.45) is 0 Å². The van der Waals surface area contributed by atoms with E-state index in [0.29, 0.717) is 0 Å². The molecule has 0 atom stereocenters. The predicted octanol–water partition coefficient (Wildman–Crippen LogP) is 3.31. The smallest absolute Gasteiger partial charge is 0.0938 e. The zero-order valence-corrected chi connectivity index (χ0v) is 8.27. The van der Waals surface area contributed by atoms with E-state index in [2.05, 4.69) is 25.1 Å². The van der Waals surface area contributed by atoms with Crippen molar-refractivity contribution in [2.75, 3.05) is 5.73 Å². The van der Waals surface area contributed by atoms with Gasteiger partial charge in [-0.3, -0.25) is 0 Å². The molecule has 2 heteroatoms. The molecule has 13 heavy (non-hydrogen) atoms. The highest BCUT2D eigenvalue weighted by Gasteiger charge is 2.04. The Morgan fingerprint density at radius 1 is 1.15 bits per heavy atom. The quantitative estimate of drug-likeness (QED) is 0.731. The highest BCUT2D eigenvalue weighted by Crippen LogP contribution is 2.32. The molecule has 0 aliphatic carbocycles. The minimum Gasteiger partial charge on any atom is -0.390 e. The molecule has 66 valence electrons. The Kier molecular flexibility index (Phi) is 2.07. The van der Waals surface area contributed by atoms with Crippen LogP contribution in [0.25, 0.3) is 11.1 Å². The zero-order valence-electron chi connectivity index (χ0n) is 7.45. The second-order valence-electron chi connectivity index (χ2n) is 3.00. The number of anilines is 1. The molecule has 0 aliphatic heterocycles. The van der Waals surface area contributed by atoms with Crippen LogP contribution >= 0.6 is 11.3 Å². The van der Waals surface area contributed by atoms with E-state index in [1.807, 2.05) is 18.2 Å². The number of hydrogen-bond acceptors (Lipinski definition) is 2. The van der Waals surface area contributed by atoms with Gasteiger partial charge in [0.05, 0.1) is 5.00 Å². The highest BCUT2D eigenvalue weighted by molar-refractivity contribution is 7.16. The van der Waals surface area contributed by atoms with Gasteiger partial charge in [0.25, 0.3) is 0 Å². The summed E-state index contributed by atoms with van der Waals surface area (Å²) in [5.74, 6) is 0. The molecule has 1 nitrogen and oxygen atoms in total. The van der Waals surface area contributed by atoms with Gasteiger partial charge < -0.3 is 5.73 Å². The Hall–Kier alpha value is -1.28. The Labute approximate surface area is 81.8 Å². The summed E-state index contributed by atoms with van der Waals surface area (Å²) in [7, 11) is 0. The van der Waals surface area contributed by atoms with Crippen LogP contribution in [-0.2, 0) is 0 Å². The zero-order chi connectivity index (χ0) is 9.26. The highest BCUT2D eigenvalue weighted by atomic mass is 32.1. The molecule has 0 spiro atoms. The van der Waals surface area contributed by atoms with Crippen LogP contribution < -0.4 is 5.73 Å². The fourth-order valence-electron chi connectivity index (χ4n) is 1.38. The molecule has 2 aromatic rings. The van der Waals surface area contributed by atoms with E-state index in [1.165, 1.54) is 10.4 Å². The molecule has 0 radical (unpaired) electrons. The summed E-state index contributed by atoms with van der Waals surface area (Å²) in [4.78, 5) is 1.26. The Morgan fingerprint density at radius 2 is 1.85 bits per heavy atom. The third-order valence-electron chi connectivity index (χ3n) is 1.97. The van der Waals surface area contributed by atoms with Crippen molar-refractivity contribution in [1.82, 2.24) is 0 Å². The maximum absolute atomic E-state index is 5.89. The van der Waals surface area contributed by atoms with Gasteiger partial charge in [-0.25, -0.2) is 0 Å². The van der Waals surface area contributed by atoms with Crippen molar-refractivity contribution in [1.29, 1.82) is 0 Å². The number of rotatable bonds is 1. The molecule has 0 saturated heterocycles. The summed E-state index contributed by atoms with van der Waals surface area (Å²) in [5.41, 5.74) is 8.25. The average molecular weight is 189 g/mol. The van der Waals surface area contributed by atoms with E-state index in [4.69, 9.17) is 5.73 Å². The van der Waals surface area contributed by atoms with Crippen molar-refractivity contribution < 1.29 is 0 Å². The van der Waals surface area contributed by atoms with Crippen molar-refractivity contribution in [2.45, 2.75) is 6.92 Å². The molecule has 2 rings (SSSR count). The molecule has 0 unspecified atom stereocenters. The van der Waals surface area contributed by atoms with Crippen LogP contribution in [0, 0.1) is 6.92 Å². The summed E-state index contributed by atoms with van der Waals surface area (Å²) < 4.78 is 0. The van der Waals surface area contributed by atoms with Gasteiger partial charge >= 0.3 is 0 Å². The maximum Gasteiger partial charge on any atom is 0.0938 e. The van der Waals surface area contributed by atoms with Gasteiger partial charge in [0.1, 0.15) is 0 Å². The number of benzene rings is 1. The van der Waals surface area contributed by atoms with Crippen LogP contribution in [0.4, 0.5) is 5.00 Å². The van der Waals surface area contributed by atoms with E-state index in [1.54, 1.807) is 11.3 Å². The van der Waals surface area contributed by atoms with Crippen LogP contribution in [0.1, 0.15) is 4.88 Å². The van der Waals surface area contributed by atoms with Crippen LogP contribution in [0.5, 0.6) is 0 Å². The van der Waals surface area contributed by atoms with E-state index < -0.39 is 0 Å². The first kappa shape index (κ1) is 8.32. The summed E-state index contributed by atoms with van der Waals surface area (Å²) in [6, 6.07) is 12.4. The topological polar surface area (TPSA) is 26.0 Å². The van der Waals surface area contributed by atoms with Gasteiger partial charge in [0, 0.05) is 10.4 Å². The normalized spacial score (nSPS) is 10.2. The number of thiophene rings is 1. The van der Waals surface area contributed by atoms with Crippen LogP contribution in [0.3, 0.4) is 0 Å². The lowest BCUT2D eigenvalue weighted by atomic mass is 10.1. The lowest BCUT2D eigenvalue weighted by Crippen LogP contribution is -1.82. The first-order valence-corrected chi connectivity index (χ1v) is 5.00. The molecule has 0 fully saturated rings. The molecule has 1 aromatic heterocycles. The molecule has 0 bridgehead atoms. The Bertz CT molecular complexity index is 403. The number of nitrogen functional groups attached to an aromatic ring is 1. The number of nitrogens with two attached hydrogens (primary N) is 1. The molecular weight excluding hydrogens is 178 g/mol. The minimum absolute atomic E-state index is 0.906. The summed E-state index contributed by atoms with van der Waals surface area (Å²) in [5, 5.41) is 0.906. The molecule has 0 amide bonds. The maximum atomic E-state index is 5.89. The molecular formula is C11H11NS. The monoisotopic (exact) mass is 189 g/mol. The predicted molar refractivity (Wildman–Crippen MR) is 58.9 cm³/mol. The third kappa shape index (κ3) is 1.58. The fraction of sp³-hybridized carbons (Fsp3) is 0.0909. The van der Waals surface area contributed by atoms with Gasteiger partial charge in [-0.15, -0.1) is 11.3 Å². The summed E-state index contributed by atoms with van der Waals surface area (Å²) in [6.07, 6.45) is 0. The van der Waals surface area contributed by atoms with Crippen molar-refractivity contribution >= 4 is 16.3 Å². The Morgan fingerprint density at radius 3 is 2.38 bits per heavy atom. The lowest BCUT2D eigenvalue weighted by Gasteiger charge is -1.97. The lowest BCUT2D eigenvalue weighted by molar-refractivity contribution is 1.61. The largest absolute Gasteiger partial charge is 0.390 e. The van der Waals surface area contributed by atoms with Gasteiger partial charge in [-0.2, -0.15) is 0 Å². The molecule has 1 heterocycles. The first-order valence-electron chi connectivity index (χ1n) is 4.18. The van der Waals surface area contributed by atoms with E-state index in [9.17, 15) is 0 Å². The molecule has 0 aliphatic rings. The van der Waals surface area contributed by atoms with Crippen LogP contribution in [0.15, 0.2) is 36.4 Å². The summed E-state index contributed by atoms with van der Waals surface area (Å²) in [6.45, 7) is 2.08. The standard InChI is InChI=1S/C11H11NS/c1-8-7-10(11(12)13-8)9-5-3-2-4-6-9/h2-7H,12H2,1H3. The van der Waals surface area contributed by atoms with Crippen molar-refractivity contribution in [3.8, 4) is 11.1 Å². The van der Waals surface area contributed by atoms with Gasteiger partial charge in [-0.05, 0) is 18.6 Å². The number of hydrogen-bond donors (Lipinski definition) is 1. The van der Waals surface area contributed by atoms with Crippen LogP contribution in [-0.4, -0.2) is 0 Å². The van der Waals surface area contributed by atoms with Gasteiger partial charge in [-0.1, -0.05) is 30.3 Å². The van der Waals surface area contributed by atoms with Gasteiger partial charge in [0.2, 0.25) is 0 Å². The second-order valence-corrected chi connectivity index (χ2v) is 4.29. The van der Waals surface area contributed by atoms with Crippen LogP contribution in [0.2, 0.25) is 0 Å². The minimum atomic E-state index is 0.906. The third-order valence-corrected chi connectivity index (χ3v) is 2.85. The van der Waals surface area contributed by atoms with Gasteiger partial charge in [0.15, 0.2) is 0 Å². The van der Waals surface area contributed by atoms with E-state index >= 15 is 0 Å². The van der Waals surface area contributed by atoms with E-state index in [0.717, 1.165) is 10.6 Å². The van der Waals surface area contributed by atoms with Crippen molar-refractivity contribution in [3.05, 3.63) is 41.3 Å². The molecule has 0 saturated carbocycles. The SMILES string of the molecule is Cc1cc(-c2ccccc2)c(N)s1. The van der Waals surface area contributed by atoms with Crippen molar-refractivity contribution in [3.63, 3.8) is 0 Å². The first-order chi connectivity index (χ1) is 6.27. The fourth-order valence-corrected chi connectivity index (χ4v) is 2.19. The average Bonchev–Trinajstić information content (AvgIpc) is 2.47. The number of aryl methyl sites for hydroxylation is 1. The second kappa shape index (κ2) is 3.23. The molecule has 2 N–H and O–H groups in total. The summed E-state index contributed by atoms with van der Waals surface area (Å²) >= 11 is 1.64.